The predicted molar refractivity (Wildman–Crippen MR) is 80.2 cm³/mol. The van der Waals surface area contributed by atoms with E-state index in [9.17, 15) is 23.1 Å². The highest BCUT2D eigenvalue weighted by molar-refractivity contribution is 5.98. The molecule has 0 aliphatic carbocycles. The maximum atomic E-state index is 12.6. The van der Waals surface area contributed by atoms with Crippen LogP contribution in [-0.2, 0) is 17.6 Å². The molecule has 0 amide bonds. The Morgan fingerprint density at radius 1 is 1.30 bits per heavy atom. The third kappa shape index (κ3) is 3.94. The number of ether oxygens (including phenoxy) is 1. The first kappa shape index (κ1) is 17.1. The number of hydrogen-bond donors (Lipinski definition) is 1. The SMILES string of the molecule is CCCc1cc(CC)cc2c1O/C(=C\C(F)(F)F)C(C(=O)O)=C2. The van der Waals surface area contributed by atoms with Gasteiger partial charge >= 0.3 is 12.1 Å². The first-order chi connectivity index (χ1) is 10.7. The molecule has 0 aromatic heterocycles. The zero-order valence-corrected chi connectivity index (χ0v) is 12.8. The van der Waals surface area contributed by atoms with Crippen molar-refractivity contribution < 1.29 is 27.8 Å². The minimum absolute atomic E-state index is 0.112. The Kier molecular flexibility index (Phi) is 4.82. The van der Waals surface area contributed by atoms with Crippen molar-refractivity contribution in [2.24, 2.45) is 0 Å². The average molecular weight is 326 g/mol. The van der Waals surface area contributed by atoms with Crippen molar-refractivity contribution in [1.29, 1.82) is 0 Å². The van der Waals surface area contributed by atoms with Gasteiger partial charge in [0.25, 0.3) is 0 Å². The first-order valence-corrected chi connectivity index (χ1v) is 7.33. The van der Waals surface area contributed by atoms with Crippen molar-refractivity contribution in [2.75, 3.05) is 0 Å². The molecule has 1 aliphatic rings. The van der Waals surface area contributed by atoms with Crippen molar-refractivity contribution in [3.63, 3.8) is 0 Å². The summed E-state index contributed by atoms with van der Waals surface area (Å²) in [7, 11) is 0. The van der Waals surface area contributed by atoms with Crippen LogP contribution in [0.5, 0.6) is 5.75 Å². The van der Waals surface area contributed by atoms with Gasteiger partial charge in [0.05, 0.1) is 6.08 Å². The van der Waals surface area contributed by atoms with Gasteiger partial charge in [0.2, 0.25) is 0 Å². The quantitative estimate of drug-likeness (QED) is 0.885. The second-order valence-corrected chi connectivity index (χ2v) is 5.29. The smallest absolute Gasteiger partial charge is 0.413 e. The summed E-state index contributed by atoms with van der Waals surface area (Å²) in [6.45, 7) is 3.91. The van der Waals surface area contributed by atoms with E-state index in [0.29, 0.717) is 17.7 Å². The molecule has 0 atom stereocenters. The number of carbonyl (C=O) groups is 1. The minimum Gasteiger partial charge on any atom is -0.478 e. The van der Waals surface area contributed by atoms with Crippen molar-refractivity contribution in [2.45, 2.75) is 39.3 Å². The number of aliphatic carboxylic acids is 1. The number of fused-ring (bicyclic) bond motifs is 1. The van der Waals surface area contributed by atoms with Gasteiger partial charge in [0.15, 0.2) is 0 Å². The summed E-state index contributed by atoms with van der Waals surface area (Å²) in [6.07, 6.45) is -1.33. The maximum absolute atomic E-state index is 12.6. The number of carboxylic acids is 1. The summed E-state index contributed by atoms with van der Waals surface area (Å²) in [5.41, 5.74) is 1.78. The van der Waals surface area contributed by atoms with E-state index < -0.39 is 23.5 Å². The summed E-state index contributed by atoms with van der Waals surface area (Å²) in [6, 6.07) is 3.65. The molecule has 0 unspecified atom stereocenters. The van der Waals surface area contributed by atoms with Gasteiger partial charge in [-0.25, -0.2) is 4.79 Å². The highest BCUT2D eigenvalue weighted by Crippen LogP contribution is 2.38. The molecule has 1 aromatic carbocycles. The fraction of sp³-hybridized carbons (Fsp3) is 0.353. The van der Waals surface area contributed by atoms with E-state index in [1.807, 2.05) is 19.9 Å². The van der Waals surface area contributed by atoms with Crippen LogP contribution in [-0.4, -0.2) is 17.3 Å². The molecule has 0 saturated carbocycles. The lowest BCUT2D eigenvalue weighted by Crippen LogP contribution is -2.17. The normalized spacial score (nSPS) is 15.9. The number of alkyl halides is 3. The Balaban J connectivity index is 2.63. The van der Waals surface area contributed by atoms with Crippen molar-refractivity contribution in [1.82, 2.24) is 0 Å². The monoisotopic (exact) mass is 326 g/mol. The van der Waals surface area contributed by atoms with Crippen LogP contribution >= 0.6 is 0 Å². The average Bonchev–Trinajstić information content (AvgIpc) is 2.45. The van der Waals surface area contributed by atoms with Crippen LogP contribution in [0.15, 0.2) is 29.5 Å². The largest absolute Gasteiger partial charge is 0.478 e. The van der Waals surface area contributed by atoms with Crippen molar-refractivity contribution >= 4 is 12.0 Å². The molecule has 0 fully saturated rings. The Hall–Kier alpha value is -2.24. The molecule has 0 radical (unpaired) electrons. The number of benzene rings is 1. The van der Waals surface area contributed by atoms with Gasteiger partial charge in [-0.2, -0.15) is 13.2 Å². The number of carboxylic acid groups (broad SMARTS) is 1. The molecule has 1 heterocycles. The molecule has 0 bridgehead atoms. The first-order valence-electron chi connectivity index (χ1n) is 7.33. The molecular weight excluding hydrogens is 309 g/mol. The van der Waals surface area contributed by atoms with Gasteiger partial charge in [0.1, 0.15) is 17.1 Å². The number of aryl methyl sites for hydroxylation is 2. The maximum Gasteiger partial charge on any atom is 0.413 e. The zero-order valence-electron chi connectivity index (χ0n) is 12.8. The molecule has 124 valence electrons. The van der Waals surface area contributed by atoms with E-state index >= 15 is 0 Å². The standard InChI is InChI=1S/C17H17F3O3/c1-3-5-11-6-10(4-2)7-12-8-13(16(21)22)14(23-15(11)12)9-17(18,19)20/h6-9H,3-5H2,1-2H3,(H,21,22)/b14-9-. The number of allylic oxidation sites excluding steroid dienone is 1. The fourth-order valence-corrected chi connectivity index (χ4v) is 2.49. The summed E-state index contributed by atoms with van der Waals surface area (Å²) >= 11 is 0. The van der Waals surface area contributed by atoms with Crippen LogP contribution in [0.1, 0.15) is 37.0 Å². The lowest BCUT2D eigenvalue weighted by molar-refractivity contribution is -0.132. The zero-order chi connectivity index (χ0) is 17.2. The third-order valence-electron chi connectivity index (χ3n) is 3.48. The van der Waals surface area contributed by atoms with Crippen LogP contribution in [0, 0.1) is 0 Å². The minimum atomic E-state index is -4.66. The topological polar surface area (TPSA) is 46.5 Å². The molecule has 1 aliphatic heterocycles. The van der Waals surface area contributed by atoms with E-state index in [2.05, 4.69) is 0 Å². The van der Waals surface area contributed by atoms with E-state index in [4.69, 9.17) is 4.74 Å². The molecule has 2 rings (SSSR count). The molecule has 0 saturated heterocycles. The van der Waals surface area contributed by atoms with Crippen LogP contribution in [0.25, 0.3) is 6.08 Å². The Labute approximate surface area is 132 Å². The van der Waals surface area contributed by atoms with Gasteiger partial charge in [-0.1, -0.05) is 26.3 Å². The second kappa shape index (κ2) is 6.48. The number of halogens is 3. The number of rotatable bonds is 4. The van der Waals surface area contributed by atoms with E-state index in [1.165, 1.54) is 6.08 Å². The summed E-state index contributed by atoms with van der Waals surface area (Å²) in [5, 5.41) is 9.17. The highest BCUT2D eigenvalue weighted by atomic mass is 19.4. The van der Waals surface area contributed by atoms with Gasteiger partial charge < -0.3 is 9.84 Å². The van der Waals surface area contributed by atoms with Gasteiger partial charge in [0, 0.05) is 5.56 Å². The Morgan fingerprint density at radius 2 is 2.00 bits per heavy atom. The van der Waals surface area contributed by atoms with Crippen LogP contribution in [0.2, 0.25) is 0 Å². The Bertz CT molecular complexity index is 685. The van der Waals surface area contributed by atoms with Crippen molar-refractivity contribution in [3.05, 3.63) is 46.2 Å². The second-order valence-electron chi connectivity index (χ2n) is 5.29. The van der Waals surface area contributed by atoms with Crippen LogP contribution in [0.3, 0.4) is 0 Å². The highest BCUT2D eigenvalue weighted by Gasteiger charge is 2.31. The van der Waals surface area contributed by atoms with Crippen LogP contribution in [0.4, 0.5) is 13.2 Å². The molecule has 23 heavy (non-hydrogen) atoms. The van der Waals surface area contributed by atoms with E-state index in [0.717, 1.165) is 24.0 Å². The van der Waals surface area contributed by atoms with Crippen molar-refractivity contribution in [3.8, 4) is 5.75 Å². The Morgan fingerprint density at radius 3 is 2.52 bits per heavy atom. The summed E-state index contributed by atoms with van der Waals surface area (Å²) < 4.78 is 43.3. The van der Waals surface area contributed by atoms with Gasteiger partial charge in [-0.15, -0.1) is 0 Å². The molecular formula is C17H17F3O3. The predicted octanol–water partition coefficient (Wildman–Crippen LogP) is 4.51. The number of hydrogen-bond acceptors (Lipinski definition) is 2. The van der Waals surface area contributed by atoms with Gasteiger partial charge in [-0.05, 0) is 36.1 Å². The lowest BCUT2D eigenvalue weighted by atomic mass is 9.95. The lowest BCUT2D eigenvalue weighted by Gasteiger charge is -2.22. The molecule has 6 heteroatoms. The van der Waals surface area contributed by atoms with Gasteiger partial charge in [-0.3, -0.25) is 0 Å². The third-order valence-corrected chi connectivity index (χ3v) is 3.48. The fourth-order valence-electron chi connectivity index (χ4n) is 2.49. The van der Waals surface area contributed by atoms with Crippen LogP contribution < -0.4 is 4.74 Å². The summed E-state index contributed by atoms with van der Waals surface area (Å²) in [5.74, 6) is -1.83. The molecule has 3 nitrogen and oxygen atoms in total. The van der Waals surface area contributed by atoms with E-state index in [1.54, 1.807) is 6.07 Å². The molecule has 1 N–H and O–H groups in total. The van der Waals surface area contributed by atoms with E-state index in [-0.39, 0.29) is 6.08 Å². The summed E-state index contributed by atoms with van der Waals surface area (Å²) in [4.78, 5) is 11.3. The molecule has 0 spiro atoms. The molecule has 1 aromatic rings.